The monoisotopic (exact) mass is 336 g/mol. The fourth-order valence-corrected chi connectivity index (χ4v) is 2.21. The molecule has 0 fully saturated rings. The average molecular weight is 336 g/mol. The van der Waals surface area contributed by atoms with Gasteiger partial charge < -0.3 is 20.3 Å². The van der Waals surface area contributed by atoms with Gasteiger partial charge in [-0.2, -0.15) is 0 Å². The Morgan fingerprint density at radius 3 is 2.46 bits per heavy atom. The second-order valence-electron chi connectivity index (χ2n) is 6.48. The van der Waals surface area contributed by atoms with Gasteiger partial charge in [0.05, 0.1) is 11.1 Å². The highest BCUT2D eigenvalue weighted by Crippen LogP contribution is 2.23. The number of alkyl carbamates (subject to hydrolysis) is 1. The number of aliphatic hydroxyl groups is 2. The average Bonchev–Trinajstić information content (AvgIpc) is 2.76. The number of hydrogen-bond acceptors (Lipinski definition) is 6. The Morgan fingerprint density at radius 2 is 1.83 bits per heavy atom. The van der Waals surface area contributed by atoms with E-state index in [0.29, 0.717) is 0 Å². The minimum Gasteiger partial charge on any atom is -0.444 e. The molecule has 3 amide bonds. The molecule has 1 aliphatic rings. The van der Waals surface area contributed by atoms with Crippen molar-refractivity contribution in [3.05, 3.63) is 34.9 Å². The molecule has 130 valence electrons. The van der Waals surface area contributed by atoms with Crippen LogP contribution in [-0.2, 0) is 4.74 Å². The number of carbonyl (C=O) groups excluding carboxylic acids is 3. The second kappa shape index (κ2) is 6.58. The smallest absolute Gasteiger partial charge is 0.407 e. The van der Waals surface area contributed by atoms with E-state index in [-0.39, 0.29) is 23.2 Å². The highest BCUT2D eigenvalue weighted by Gasteiger charge is 2.29. The molecule has 4 N–H and O–H groups in total. The maximum absolute atomic E-state index is 11.6. The van der Waals surface area contributed by atoms with Crippen LogP contribution < -0.4 is 10.6 Å². The second-order valence-corrected chi connectivity index (χ2v) is 6.48. The number of hydrogen-bond donors (Lipinski definition) is 4. The quantitative estimate of drug-likeness (QED) is 0.593. The summed E-state index contributed by atoms with van der Waals surface area (Å²) in [5.41, 5.74) is -0.0497. The van der Waals surface area contributed by atoms with Gasteiger partial charge in [-0.1, -0.05) is 6.07 Å². The van der Waals surface area contributed by atoms with Gasteiger partial charge >= 0.3 is 6.09 Å². The zero-order valence-electron chi connectivity index (χ0n) is 13.6. The number of benzene rings is 1. The minimum atomic E-state index is -1.34. The number of ether oxygens (including phenoxy) is 1. The molecule has 1 aliphatic heterocycles. The molecule has 2 atom stereocenters. The maximum Gasteiger partial charge on any atom is 0.407 e. The lowest BCUT2D eigenvalue weighted by atomic mass is 9.99. The Bertz CT molecular complexity index is 680. The van der Waals surface area contributed by atoms with Crippen LogP contribution in [0.25, 0.3) is 0 Å². The van der Waals surface area contributed by atoms with Crippen LogP contribution in [0.2, 0.25) is 0 Å². The number of nitrogens with one attached hydrogen (secondary N) is 2. The van der Waals surface area contributed by atoms with Gasteiger partial charge in [0, 0.05) is 6.54 Å². The van der Waals surface area contributed by atoms with E-state index in [0.717, 1.165) is 0 Å². The molecule has 0 saturated carbocycles. The van der Waals surface area contributed by atoms with E-state index in [1.165, 1.54) is 18.2 Å². The third kappa shape index (κ3) is 4.09. The van der Waals surface area contributed by atoms with Crippen molar-refractivity contribution in [3.63, 3.8) is 0 Å². The van der Waals surface area contributed by atoms with Gasteiger partial charge in [0.15, 0.2) is 0 Å². The molecule has 0 aromatic heterocycles. The molecule has 2 rings (SSSR count). The summed E-state index contributed by atoms with van der Waals surface area (Å²) in [5, 5.41) is 24.7. The molecule has 0 radical (unpaired) electrons. The van der Waals surface area contributed by atoms with Gasteiger partial charge in [-0.3, -0.25) is 14.9 Å². The first-order valence-electron chi connectivity index (χ1n) is 7.41. The van der Waals surface area contributed by atoms with E-state index in [4.69, 9.17) is 4.74 Å². The van der Waals surface area contributed by atoms with Gasteiger partial charge in [0.1, 0.15) is 17.8 Å². The maximum atomic E-state index is 11.6. The lowest BCUT2D eigenvalue weighted by Crippen LogP contribution is -2.38. The largest absolute Gasteiger partial charge is 0.444 e. The van der Waals surface area contributed by atoms with E-state index >= 15 is 0 Å². The van der Waals surface area contributed by atoms with Gasteiger partial charge in [-0.15, -0.1) is 0 Å². The predicted octanol–water partition coefficient (Wildman–Crippen LogP) is 0.489. The van der Waals surface area contributed by atoms with Crippen molar-refractivity contribution in [1.29, 1.82) is 0 Å². The van der Waals surface area contributed by atoms with Crippen molar-refractivity contribution < 1.29 is 29.3 Å². The molecular formula is C16H20N2O6. The van der Waals surface area contributed by atoms with Crippen LogP contribution >= 0.6 is 0 Å². The zero-order valence-corrected chi connectivity index (χ0v) is 13.6. The van der Waals surface area contributed by atoms with E-state index in [2.05, 4.69) is 10.6 Å². The highest BCUT2D eigenvalue weighted by molar-refractivity contribution is 6.21. The first kappa shape index (κ1) is 17.9. The number of fused-ring (bicyclic) bond motifs is 1. The Kier molecular flexibility index (Phi) is 4.91. The summed E-state index contributed by atoms with van der Waals surface area (Å²) in [7, 11) is 0. The summed E-state index contributed by atoms with van der Waals surface area (Å²) >= 11 is 0. The first-order chi connectivity index (χ1) is 11.1. The van der Waals surface area contributed by atoms with Crippen molar-refractivity contribution >= 4 is 17.9 Å². The van der Waals surface area contributed by atoms with Gasteiger partial charge in [0.2, 0.25) is 0 Å². The molecular weight excluding hydrogens is 316 g/mol. The number of rotatable bonds is 4. The van der Waals surface area contributed by atoms with Crippen LogP contribution in [0.15, 0.2) is 18.2 Å². The summed E-state index contributed by atoms with van der Waals surface area (Å²) in [6.45, 7) is 4.87. The minimum absolute atomic E-state index is 0.142. The lowest BCUT2D eigenvalue weighted by molar-refractivity contribution is 0.0129. The fraction of sp³-hybridized carbons (Fsp3) is 0.438. The highest BCUT2D eigenvalue weighted by atomic mass is 16.6. The van der Waals surface area contributed by atoms with Crippen LogP contribution in [0, 0.1) is 0 Å². The molecule has 1 aromatic rings. The summed E-state index contributed by atoms with van der Waals surface area (Å²) < 4.78 is 5.03. The molecule has 1 heterocycles. The molecule has 2 unspecified atom stereocenters. The Balaban J connectivity index is 2.00. The predicted molar refractivity (Wildman–Crippen MR) is 83.4 cm³/mol. The molecule has 8 heteroatoms. The summed E-state index contributed by atoms with van der Waals surface area (Å²) in [4.78, 5) is 34.6. The van der Waals surface area contributed by atoms with Crippen molar-refractivity contribution in [2.24, 2.45) is 0 Å². The first-order valence-corrected chi connectivity index (χ1v) is 7.41. The third-order valence-corrected chi connectivity index (χ3v) is 3.32. The van der Waals surface area contributed by atoms with E-state index in [1.807, 2.05) is 0 Å². The SMILES string of the molecule is CC(C)(C)OC(=O)NCC(O)C(O)c1ccc2c(c1)C(=O)NC2=O. The van der Waals surface area contributed by atoms with Crippen molar-refractivity contribution in [2.75, 3.05) is 6.54 Å². The van der Waals surface area contributed by atoms with Gasteiger partial charge in [0.25, 0.3) is 11.8 Å². The summed E-state index contributed by atoms with van der Waals surface area (Å²) in [5.74, 6) is -1.05. The normalized spacial score (nSPS) is 16.2. The number of aliphatic hydroxyl groups excluding tert-OH is 2. The van der Waals surface area contributed by atoms with Gasteiger partial charge in [-0.25, -0.2) is 4.79 Å². The van der Waals surface area contributed by atoms with E-state index < -0.39 is 35.7 Å². The van der Waals surface area contributed by atoms with E-state index in [1.54, 1.807) is 20.8 Å². The molecule has 1 aromatic carbocycles. The number of imide groups is 1. The molecule has 0 spiro atoms. The number of carbonyl (C=O) groups is 3. The standard InChI is InChI=1S/C16H20N2O6/c1-16(2,3)24-15(23)17-7-11(19)12(20)8-4-5-9-10(6-8)14(22)18-13(9)21/h4-6,11-12,19-20H,7H2,1-3H3,(H,17,23)(H,18,21,22). The third-order valence-electron chi connectivity index (χ3n) is 3.32. The van der Waals surface area contributed by atoms with Crippen LogP contribution in [-0.4, -0.2) is 46.4 Å². The summed E-state index contributed by atoms with van der Waals surface area (Å²) in [6.07, 6.45) is -3.36. The van der Waals surface area contributed by atoms with Gasteiger partial charge in [-0.05, 0) is 38.5 Å². The van der Waals surface area contributed by atoms with Crippen molar-refractivity contribution in [2.45, 2.75) is 38.6 Å². The number of amides is 3. The molecule has 0 saturated heterocycles. The summed E-state index contributed by atoms with van der Waals surface area (Å²) in [6, 6.07) is 4.19. The van der Waals surface area contributed by atoms with Crippen LogP contribution in [0.3, 0.4) is 0 Å². The van der Waals surface area contributed by atoms with E-state index in [9.17, 15) is 24.6 Å². The lowest BCUT2D eigenvalue weighted by Gasteiger charge is -2.22. The Morgan fingerprint density at radius 1 is 1.21 bits per heavy atom. The Labute approximate surface area is 138 Å². The molecule has 8 nitrogen and oxygen atoms in total. The van der Waals surface area contributed by atoms with Crippen molar-refractivity contribution in [3.8, 4) is 0 Å². The van der Waals surface area contributed by atoms with Crippen LogP contribution in [0.5, 0.6) is 0 Å². The van der Waals surface area contributed by atoms with Crippen LogP contribution in [0.1, 0.15) is 53.2 Å². The van der Waals surface area contributed by atoms with Crippen LogP contribution in [0.4, 0.5) is 4.79 Å². The van der Waals surface area contributed by atoms with Crippen molar-refractivity contribution in [1.82, 2.24) is 10.6 Å². The fourth-order valence-electron chi connectivity index (χ4n) is 2.21. The zero-order chi connectivity index (χ0) is 18.1. The Hall–Kier alpha value is -2.45. The molecule has 24 heavy (non-hydrogen) atoms. The molecule has 0 aliphatic carbocycles. The topological polar surface area (TPSA) is 125 Å². The molecule has 0 bridgehead atoms.